The maximum atomic E-state index is 11.9. The Kier molecular flexibility index (Phi) is 6.44. The summed E-state index contributed by atoms with van der Waals surface area (Å²) < 4.78 is 10.5. The van der Waals surface area contributed by atoms with E-state index in [9.17, 15) is 4.79 Å². The Labute approximate surface area is 134 Å². The zero-order valence-corrected chi connectivity index (χ0v) is 13.9. The Morgan fingerprint density at radius 1 is 1.14 bits per heavy atom. The molecule has 0 bridgehead atoms. The van der Waals surface area contributed by atoms with Crippen LogP contribution in [0.5, 0.6) is 0 Å². The van der Waals surface area contributed by atoms with Gasteiger partial charge in [-0.05, 0) is 37.5 Å². The maximum absolute atomic E-state index is 11.9. The van der Waals surface area contributed by atoms with Crippen LogP contribution in [0, 0.1) is 0 Å². The Bertz CT molecular complexity index is 460. The van der Waals surface area contributed by atoms with Gasteiger partial charge in [0.05, 0.1) is 12.2 Å². The molecule has 0 aromatic heterocycles. The third-order valence-corrected chi connectivity index (χ3v) is 4.15. The van der Waals surface area contributed by atoms with Crippen LogP contribution in [0.2, 0.25) is 0 Å². The van der Waals surface area contributed by atoms with Gasteiger partial charge in [0.25, 0.3) is 0 Å². The first kappa shape index (κ1) is 17.0. The Morgan fingerprint density at radius 2 is 1.77 bits per heavy atom. The minimum Gasteiger partial charge on any atom is -0.459 e. The van der Waals surface area contributed by atoms with Crippen molar-refractivity contribution in [1.82, 2.24) is 0 Å². The van der Waals surface area contributed by atoms with Crippen molar-refractivity contribution in [2.75, 3.05) is 13.2 Å². The second-order valence-electron chi connectivity index (χ2n) is 6.53. The lowest BCUT2D eigenvalue weighted by Crippen LogP contribution is -2.18. The molecule has 0 N–H and O–H groups in total. The smallest absolute Gasteiger partial charge is 0.338 e. The van der Waals surface area contributed by atoms with Gasteiger partial charge in [0.15, 0.2) is 0 Å². The number of ether oxygens (including phenoxy) is 2. The molecule has 1 fully saturated rings. The molecule has 1 unspecified atom stereocenters. The molecule has 0 aliphatic carbocycles. The zero-order valence-electron chi connectivity index (χ0n) is 13.9. The third-order valence-electron chi connectivity index (χ3n) is 4.15. The van der Waals surface area contributed by atoms with Crippen LogP contribution in [0.1, 0.15) is 68.3 Å². The van der Waals surface area contributed by atoms with Crippen molar-refractivity contribution < 1.29 is 14.3 Å². The lowest BCUT2D eigenvalue weighted by atomic mass is 10.0. The quantitative estimate of drug-likeness (QED) is 0.362. The molecule has 1 aromatic carbocycles. The molecule has 1 aliphatic rings. The molecule has 3 heteroatoms. The molecule has 1 atom stereocenters. The van der Waals surface area contributed by atoms with Gasteiger partial charge in [-0.15, -0.1) is 0 Å². The van der Waals surface area contributed by atoms with Gasteiger partial charge in [-0.3, -0.25) is 0 Å². The molecule has 0 spiro atoms. The van der Waals surface area contributed by atoms with E-state index in [1.54, 1.807) is 0 Å². The molecule has 1 heterocycles. The van der Waals surface area contributed by atoms with E-state index in [1.165, 1.54) is 44.1 Å². The second kappa shape index (κ2) is 8.33. The lowest BCUT2D eigenvalue weighted by Gasteiger charge is -2.08. The van der Waals surface area contributed by atoms with Gasteiger partial charge in [-0.25, -0.2) is 4.79 Å². The largest absolute Gasteiger partial charge is 0.459 e. The summed E-state index contributed by atoms with van der Waals surface area (Å²) in [5.41, 5.74) is 1.67. The number of epoxide rings is 1. The monoisotopic (exact) mass is 304 g/mol. The average Bonchev–Trinajstić information content (AvgIpc) is 3.27. The highest BCUT2D eigenvalue weighted by Crippen LogP contribution is 2.26. The van der Waals surface area contributed by atoms with Crippen molar-refractivity contribution >= 4 is 5.97 Å². The maximum Gasteiger partial charge on any atom is 0.338 e. The molecule has 0 saturated carbocycles. The summed E-state index contributed by atoms with van der Waals surface area (Å²) in [6.45, 7) is 5.21. The first-order valence-corrected chi connectivity index (χ1v) is 8.53. The van der Waals surface area contributed by atoms with E-state index in [4.69, 9.17) is 9.47 Å². The van der Waals surface area contributed by atoms with Crippen molar-refractivity contribution in [2.24, 2.45) is 0 Å². The number of esters is 1. The average molecular weight is 304 g/mol. The summed E-state index contributed by atoms with van der Waals surface area (Å²) in [5.74, 6) is -0.261. The van der Waals surface area contributed by atoms with Crippen molar-refractivity contribution in [3.8, 4) is 0 Å². The summed E-state index contributed by atoms with van der Waals surface area (Å²) in [4.78, 5) is 11.9. The fraction of sp³-hybridized carbons (Fsp3) is 0.632. The number of carbonyl (C=O) groups is 1. The van der Waals surface area contributed by atoms with Crippen LogP contribution in [0.25, 0.3) is 0 Å². The molecule has 0 radical (unpaired) electrons. The zero-order chi connectivity index (χ0) is 15.8. The minimum atomic E-state index is -0.261. The van der Waals surface area contributed by atoms with Crippen LogP contribution < -0.4 is 0 Å². The molecule has 3 nitrogen and oxygen atoms in total. The number of hydrogen-bond acceptors (Lipinski definition) is 3. The van der Waals surface area contributed by atoms with E-state index in [2.05, 4.69) is 6.92 Å². The number of hydrogen-bond donors (Lipinski definition) is 0. The predicted molar refractivity (Wildman–Crippen MR) is 88.2 cm³/mol. The van der Waals surface area contributed by atoms with Gasteiger partial charge in [0.1, 0.15) is 12.2 Å². The molecule has 122 valence electrons. The van der Waals surface area contributed by atoms with Crippen molar-refractivity contribution in [3.63, 3.8) is 0 Å². The van der Waals surface area contributed by atoms with Crippen molar-refractivity contribution in [2.45, 2.75) is 64.4 Å². The fourth-order valence-electron chi connectivity index (χ4n) is 2.43. The number of benzene rings is 1. The van der Waals surface area contributed by atoms with E-state index < -0.39 is 0 Å². The SMILES string of the molecule is CCCCCCCCc1ccc(C(=O)OCC2(C)CO2)cc1. The van der Waals surface area contributed by atoms with Gasteiger partial charge in [0.2, 0.25) is 0 Å². The first-order valence-electron chi connectivity index (χ1n) is 8.53. The van der Waals surface area contributed by atoms with Crippen LogP contribution >= 0.6 is 0 Å². The number of aryl methyl sites for hydroxylation is 1. The Morgan fingerprint density at radius 3 is 2.41 bits per heavy atom. The number of unbranched alkanes of at least 4 members (excludes halogenated alkanes) is 5. The molecule has 1 aromatic rings. The van der Waals surface area contributed by atoms with E-state index in [1.807, 2.05) is 31.2 Å². The first-order chi connectivity index (χ1) is 10.6. The molecular formula is C19H28O3. The van der Waals surface area contributed by atoms with Gasteiger partial charge in [0, 0.05) is 0 Å². The molecule has 1 saturated heterocycles. The van der Waals surface area contributed by atoms with E-state index >= 15 is 0 Å². The summed E-state index contributed by atoms with van der Waals surface area (Å²) >= 11 is 0. The molecule has 2 rings (SSSR count). The highest BCUT2D eigenvalue weighted by molar-refractivity contribution is 5.89. The summed E-state index contributed by atoms with van der Waals surface area (Å²) in [6.07, 6.45) is 8.94. The molecular weight excluding hydrogens is 276 g/mol. The fourth-order valence-corrected chi connectivity index (χ4v) is 2.43. The normalized spacial score (nSPS) is 19.9. The standard InChI is InChI=1S/C19H28O3/c1-3-4-5-6-7-8-9-16-10-12-17(13-11-16)18(20)21-14-19(2)15-22-19/h10-13H,3-9,14-15H2,1-2H3. The van der Waals surface area contributed by atoms with E-state index in [0.29, 0.717) is 18.8 Å². The van der Waals surface area contributed by atoms with Crippen molar-refractivity contribution in [3.05, 3.63) is 35.4 Å². The predicted octanol–water partition coefficient (Wildman–Crippen LogP) is 4.54. The van der Waals surface area contributed by atoms with E-state index in [0.717, 1.165) is 6.42 Å². The van der Waals surface area contributed by atoms with Crippen LogP contribution in [-0.4, -0.2) is 24.8 Å². The topological polar surface area (TPSA) is 38.8 Å². The highest BCUT2D eigenvalue weighted by atomic mass is 16.6. The molecule has 1 aliphatic heterocycles. The van der Waals surface area contributed by atoms with Crippen molar-refractivity contribution in [1.29, 1.82) is 0 Å². The van der Waals surface area contributed by atoms with Gasteiger partial charge < -0.3 is 9.47 Å². The van der Waals surface area contributed by atoms with Crippen LogP contribution in [-0.2, 0) is 15.9 Å². The summed E-state index contributed by atoms with van der Waals surface area (Å²) in [6, 6.07) is 7.81. The number of carbonyl (C=O) groups excluding carboxylic acids is 1. The second-order valence-corrected chi connectivity index (χ2v) is 6.53. The Hall–Kier alpha value is -1.35. The van der Waals surface area contributed by atoms with Crippen LogP contribution in [0.15, 0.2) is 24.3 Å². The third kappa shape index (κ3) is 5.80. The highest BCUT2D eigenvalue weighted by Gasteiger charge is 2.40. The summed E-state index contributed by atoms with van der Waals surface area (Å²) in [7, 11) is 0. The van der Waals surface area contributed by atoms with Gasteiger partial charge >= 0.3 is 5.97 Å². The lowest BCUT2D eigenvalue weighted by molar-refractivity contribution is 0.0411. The van der Waals surface area contributed by atoms with Crippen LogP contribution in [0.4, 0.5) is 0 Å². The van der Waals surface area contributed by atoms with Crippen LogP contribution in [0.3, 0.4) is 0 Å². The van der Waals surface area contributed by atoms with Gasteiger partial charge in [-0.1, -0.05) is 51.2 Å². The molecule has 0 amide bonds. The van der Waals surface area contributed by atoms with Gasteiger partial charge in [-0.2, -0.15) is 0 Å². The van der Waals surface area contributed by atoms with E-state index in [-0.39, 0.29) is 11.6 Å². The summed E-state index contributed by atoms with van der Waals surface area (Å²) in [5, 5.41) is 0. The number of rotatable bonds is 10. The Balaban J connectivity index is 1.67. The minimum absolute atomic E-state index is 0.243. The molecule has 22 heavy (non-hydrogen) atoms.